The lowest BCUT2D eigenvalue weighted by atomic mass is 9.78. The van der Waals surface area contributed by atoms with Gasteiger partial charge in [0.25, 0.3) is 0 Å². The summed E-state index contributed by atoms with van der Waals surface area (Å²) in [5.74, 6) is 1.67. The molecule has 6 nitrogen and oxygen atoms in total. The highest BCUT2D eigenvalue weighted by Crippen LogP contribution is 2.57. The van der Waals surface area contributed by atoms with Crippen LogP contribution in [0.3, 0.4) is 0 Å². The number of aromatic amines is 1. The summed E-state index contributed by atoms with van der Waals surface area (Å²) in [7, 11) is 3.33. The SMILES string of the molecule is COC[C@H](NC(=O)C(C)(COC)c1ccc2[nH]c(CC(c3ccccc3Cl)C3(C)CC3)nc2c1)C1CCC1. The van der Waals surface area contributed by atoms with Crippen molar-refractivity contribution >= 4 is 28.5 Å². The molecule has 2 aliphatic rings. The van der Waals surface area contributed by atoms with Crippen LogP contribution in [0.15, 0.2) is 42.5 Å². The van der Waals surface area contributed by atoms with E-state index in [1.54, 1.807) is 14.2 Å². The van der Waals surface area contributed by atoms with Crippen molar-refractivity contribution in [1.29, 1.82) is 0 Å². The van der Waals surface area contributed by atoms with Crippen LogP contribution in [0.4, 0.5) is 0 Å². The van der Waals surface area contributed by atoms with E-state index in [1.807, 2.05) is 37.3 Å². The van der Waals surface area contributed by atoms with Crippen LogP contribution in [0.1, 0.15) is 68.8 Å². The van der Waals surface area contributed by atoms with Crippen LogP contribution in [0.2, 0.25) is 5.02 Å². The first kappa shape index (κ1) is 27.2. The molecule has 2 saturated carbocycles. The molecule has 7 heteroatoms. The molecular formula is C31H40ClN3O3. The number of amides is 1. The van der Waals surface area contributed by atoms with Gasteiger partial charge in [-0.15, -0.1) is 0 Å². The average Bonchev–Trinajstić information content (AvgIpc) is 3.47. The van der Waals surface area contributed by atoms with Crippen LogP contribution in [-0.4, -0.2) is 49.4 Å². The number of halogens is 1. The third kappa shape index (κ3) is 5.36. The monoisotopic (exact) mass is 537 g/mol. The fourth-order valence-electron chi connectivity index (χ4n) is 5.94. The molecule has 3 atom stereocenters. The van der Waals surface area contributed by atoms with Gasteiger partial charge in [-0.3, -0.25) is 4.79 Å². The summed E-state index contributed by atoms with van der Waals surface area (Å²) in [5.41, 5.74) is 3.30. The second-order valence-electron chi connectivity index (χ2n) is 11.8. The predicted octanol–water partition coefficient (Wildman–Crippen LogP) is 6.18. The first-order chi connectivity index (χ1) is 18.3. The highest BCUT2D eigenvalue weighted by Gasteiger charge is 2.46. The van der Waals surface area contributed by atoms with Crippen LogP contribution < -0.4 is 5.32 Å². The summed E-state index contributed by atoms with van der Waals surface area (Å²) in [6.07, 6.45) is 6.66. The zero-order valence-corrected chi connectivity index (χ0v) is 23.7. The van der Waals surface area contributed by atoms with Crippen molar-refractivity contribution in [3.8, 4) is 0 Å². The lowest BCUT2D eigenvalue weighted by Crippen LogP contribution is -2.53. The molecule has 0 aliphatic heterocycles. The quantitative estimate of drug-likeness (QED) is 0.289. The molecular weight excluding hydrogens is 498 g/mol. The van der Waals surface area contributed by atoms with E-state index in [9.17, 15) is 4.79 Å². The average molecular weight is 538 g/mol. The Kier molecular flexibility index (Phi) is 7.86. The van der Waals surface area contributed by atoms with Gasteiger partial charge >= 0.3 is 0 Å². The van der Waals surface area contributed by atoms with Crippen molar-refractivity contribution in [3.63, 3.8) is 0 Å². The van der Waals surface area contributed by atoms with Crippen molar-refractivity contribution in [3.05, 3.63) is 64.4 Å². The maximum Gasteiger partial charge on any atom is 0.233 e. The number of imidazole rings is 1. The standard InChI is InChI=1S/C31H40ClN3O3/c1-30(14-15-30)23(22-10-5-6-11-24(22)32)17-28-33-25-13-12-21(16-26(25)34-28)31(2,19-38-4)29(36)35-27(18-37-3)20-8-7-9-20/h5-6,10-13,16,20,23,27H,7-9,14-15,17-19H2,1-4H3,(H,33,34)(H,35,36)/t23?,27-,31?/m0/s1. The molecule has 2 unspecified atom stereocenters. The molecule has 1 heterocycles. The van der Waals surface area contributed by atoms with E-state index in [-0.39, 0.29) is 24.0 Å². The minimum atomic E-state index is -0.848. The molecule has 0 radical (unpaired) electrons. The molecule has 2 aromatic carbocycles. The summed E-state index contributed by atoms with van der Waals surface area (Å²) in [6.45, 7) is 5.09. The van der Waals surface area contributed by atoms with Crippen molar-refractivity contribution in [2.24, 2.45) is 11.3 Å². The Morgan fingerprint density at radius 2 is 1.97 bits per heavy atom. The van der Waals surface area contributed by atoms with Gasteiger partial charge in [-0.1, -0.05) is 49.2 Å². The molecule has 1 amide bonds. The summed E-state index contributed by atoms with van der Waals surface area (Å²) >= 11 is 6.63. The smallest absolute Gasteiger partial charge is 0.233 e. The van der Waals surface area contributed by atoms with Gasteiger partial charge in [-0.25, -0.2) is 4.98 Å². The number of nitrogens with one attached hydrogen (secondary N) is 2. The number of nitrogens with zero attached hydrogens (tertiary/aromatic N) is 1. The lowest BCUT2D eigenvalue weighted by Gasteiger charge is -2.37. The fraction of sp³-hybridized carbons (Fsp3) is 0.548. The number of carbonyl (C=O) groups excluding carboxylic acids is 1. The predicted molar refractivity (Wildman–Crippen MR) is 152 cm³/mol. The number of methoxy groups -OCH3 is 2. The molecule has 0 spiro atoms. The van der Waals surface area contributed by atoms with Gasteiger partial charge in [0.05, 0.1) is 35.7 Å². The van der Waals surface area contributed by atoms with Crippen LogP contribution in [0.5, 0.6) is 0 Å². The van der Waals surface area contributed by atoms with E-state index in [2.05, 4.69) is 29.4 Å². The number of hydrogen-bond acceptors (Lipinski definition) is 4. The third-order valence-corrected chi connectivity index (χ3v) is 9.39. The largest absolute Gasteiger partial charge is 0.383 e. The van der Waals surface area contributed by atoms with Gasteiger partial charge < -0.3 is 19.8 Å². The number of hydrogen-bond donors (Lipinski definition) is 2. The Bertz CT molecular complexity index is 1280. The number of benzene rings is 2. The molecule has 2 N–H and O–H groups in total. The molecule has 0 saturated heterocycles. The molecule has 1 aromatic heterocycles. The summed E-state index contributed by atoms with van der Waals surface area (Å²) in [6, 6.07) is 14.3. The molecule has 204 valence electrons. The summed E-state index contributed by atoms with van der Waals surface area (Å²) < 4.78 is 11.0. The first-order valence-electron chi connectivity index (χ1n) is 13.8. The number of aromatic nitrogens is 2. The highest BCUT2D eigenvalue weighted by molar-refractivity contribution is 6.31. The van der Waals surface area contributed by atoms with E-state index in [0.29, 0.717) is 18.4 Å². The zero-order valence-electron chi connectivity index (χ0n) is 23.0. The number of fused-ring (bicyclic) bond motifs is 1. The van der Waals surface area contributed by atoms with E-state index in [4.69, 9.17) is 26.1 Å². The zero-order chi connectivity index (χ0) is 26.9. The Morgan fingerprint density at radius 1 is 1.21 bits per heavy atom. The van der Waals surface area contributed by atoms with E-state index in [1.165, 1.54) is 24.8 Å². The van der Waals surface area contributed by atoms with Crippen molar-refractivity contribution in [2.75, 3.05) is 27.4 Å². The summed E-state index contributed by atoms with van der Waals surface area (Å²) in [5, 5.41) is 4.10. The van der Waals surface area contributed by atoms with E-state index in [0.717, 1.165) is 46.7 Å². The van der Waals surface area contributed by atoms with Crippen LogP contribution in [0.25, 0.3) is 11.0 Å². The Balaban J connectivity index is 1.41. The first-order valence-corrected chi connectivity index (χ1v) is 14.2. The van der Waals surface area contributed by atoms with Gasteiger partial charge in [0, 0.05) is 25.7 Å². The van der Waals surface area contributed by atoms with Crippen molar-refractivity contribution in [2.45, 2.75) is 69.7 Å². The van der Waals surface area contributed by atoms with E-state index >= 15 is 0 Å². The van der Waals surface area contributed by atoms with Crippen LogP contribution in [-0.2, 0) is 26.1 Å². The maximum atomic E-state index is 13.7. The molecule has 3 aromatic rings. The second-order valence-corrected chi connectivity index (χ2v) is 12.2. The van der Waals surface area contributed by atoms with Gasteiger partial charge in [0.15, 0.2) is 0 Å². The number of H-pyrrole nitrogens is 1. The van der Waals surface area contributed by atoms with E-state index < -0.39 is 5.41 Å². The minimum Gasteiger partial charge on any atom is -0.383 e. The molecule has 0 bridgehead atoms. The molecule has 2 fully saturated rings. The molecule has 2 aliphatic carbocycles. The van der Waals surface area contributed by atoms with Gasteiger partial charge in [-0.2, -0.15) is 0 Å². The molecule has 5 rings (SSSR count). The number of carbonyl (C=O) groups is 1. The maximum absolute atomic E-state index is 13.7. The van der Waals surface area contributed by atoms with Crippen molar-refractivity contribution in [1.82, 2.24) is 15.3 Å². The minimum absolute atomic E-state index is 0.0173. The Morgan fingerprint density at radius 3 is 2.61 bits per heavy atom. The van der Waals surface area contributed by atoms with Gasteiger partial charge in [0.2, 0.25) is 5.91 Å². The van der Waals surface area contributed by atoms with Crippen molar-refractivity contribution < 1.29 is 14.3 Å². The number of rotatable bonds is 12. The summed E-state index contributed by atoms with van der Waals surface area (Å²) in [4.78, 5) is 22.2. The van der Waals surface area contributed by atoms with Crippen LogP contribution >= 0.6 is 11.6 Å². The highest BCUT2D eigenvalue weighted by atomic mass is 35.5. The normalized spacial score (nSPS) is 19.9. The molecule has 38 heavy (non-hydrogen) atoms. The second kappa shape index (κ2) is 11.0. The third-order valence-electron chi connectivity index (χ3n) is 9.04. The fourth-order valence-corrected chi connectivity index (χ4v) is 6.21. The van der Waals surface area contributed by atoms with Gasteiger partial charge in [0.1, 0.15) is 5.82 Å². The Hall–Kier alpha value is -2.41. The van der Waals surface area contributed by atoms with Gasteiger partial charge in [-0.05, 0) is 79.2 Å². The lowest BCUT2D eigenvalue weighted by molar-refractivity contribution is -0.130. The topological polar surface area (TPSA) is 76.2 Å². The van der Waals surface area contributed by atoms with Crippen LogP contribution in [0, 0.1) is 11.3 Å². The number of ether oxygens (including phenoxy) is 2. The Labute approximate surface area is 230 Å².